The topological polar surface area (TPSA) is 41.6 Å². The molecule has 0 aromatic heterocycles. The molecule has 4 nitrogen and oxygen atoms in total. The van der Waals surface area contributed by atoms with Crippen molar-refractivity contribution >= 4 is 28.9 Å². The Hall–Kier alpha value is -2.20. The molecule has 0 bridgehead atoms. The number of nitrogens with zero attached hydrogens (tertiary/aromatic N) is 1. The molecule has 2 aromatic carbocycles. The van der Waals surface area contributed by atoms with Gasteiger partial charge in [-0.15, -0.1) is 0 Å². The average Bonchev–Trinajstić information content (AvgIpc) is 2.64. The van der Waals surface area contributed by atoms with Crippen LogP contribution < -0.4 is 15.0 Å². The molecule has 0 radical (unpaired) electrons. The van der Waals surface area contributed by atoms with E-state index in [2.05, 4.69) is 17.1 Å². The minimum absolute atomic E-state index is 0.0358. The van der Waals surface area contributed by atoms with Crippen LogP contribution in [-0.4, -0.2) is 25.6 Å². The van der Waals surface area contributed by atoms with E-state index in [-0.39, 0.29) is 12.5 Å². The van der Waals surface area contributed by atoms with Gasteiger partial charge in [0, 0.05) is 18.8 Å². The van der Waals surface area contributed by atoms with E-state index >= 15 is 0 Å². The van der Waals surface area contributed by atoms with Crippen molar-refractivity contribution in [3.63, 3.8) is 0 Å². The second-order valence-electron chi connectivity index (χ2n) is 7.42. The number of nitrogens with one attached hydrogen (secondary N) is 1. The summed E-state index contributed by atoms with van der Waals surface area (Å²) in [6.07, 6.45) is 2.37. The summed E-state index contributed by atoms with van der Waals surface area (Å²) >= 11 is 6.46. The molecule has 3 rings (SSSR count). The number of amides is 1. The first-order valence-electron chi connectivity index (χ1n) is 9.47. The predicted molar refractivity (Wildman–Crippen MR) is 112 cm³/mol. The zero-order chi connectivity index (χ0) is 19.4. The highest BCUT2D eigenvalue weighted by atomic mass is 35.5. The van der Waals surface area contributed by atoms with Crippen molar-refractivity contribution < 1.29 is 9.53 Å². The number of anilines is 2. The maximum atomic E-state index is 12.2. The van der Waals surface area contributed by atoms with Crippen molar-refractivity contribution in [3.8, 4) is 5.75 Å². The number of piperidine rings is 1. The summed E-state index contributed by atoms with van der Waals surface area (Å²) in [6, 6.07) is 11.5. The monoisotopic (exact) mass is 386 g/mol. The van der Waals surface area contributed by atoms with Gasteiger partial charge in [0.15, 0.2) is 6.61 Å². The van der Waals surface area contributed by atoms with Crippen molar-refractivity contribution in [3.05, 3.63) is 52.5 Å². The Morgan fingerprint density at radius 1 is 1.15 bits per heavy atom. The van der Waals surface area contributed by atoms with Gasteiger partial charge in [-0.1, -0.05) is 24.6 Å². The number of ether oxygens (including phenoxy) is 1. The van der Waals surface area contributed by atoms with E-state index in [4.69, 9.17) is 16.3 Å². The highest BCUT2D eigenvalue weighted by molar-refractivity contribution is 6.33. The lowest BCUT2D eigenvalue weighted by Crippen LogP contribution is -2.32. The first-order chi connectivity index (χ1) is 12.9. The molecule has 1 amide bonds. The molecular formula is C22H27ClN2O2. The largest absolute Gasteiger partial charge is 0.484 e. The summed E-state index contributed by atoms with van der Waals surface area (Å²) in [4.78, 5) is 14.5. The minimum Gasteiger partial charge on any atom is -0.484 e. The van der Waals surface area contributed by atoms with Gasteiger partial charge in [0.2, 0.25) is 0 Å². The quantitative estimate of drug-likeness (QED) is 0.766. The van der Waals surface area contributed by atoms with Gasteiger partial charge in [-0.2, -0.15) is 0 Å². The first kappa shape index (κ1) is 19.6. The third-order valence-corrected chi connectivity index (χ3v) is 5.51. The van der Waals surface area contributed by atoms with Crippen LogP contribution in [0.1, 0.15) is 30.9 Å². The summed E-state index contributed by atoms with van der Waals surface area (Å²) in [5, 5.41) is 3.51. The second-order valence-corrected chi connectivity index (χ2v) is 7.83. The van der Waals surface area contributed by atoms with Crippen molar-refractivity contribution in [2.45, 2.75) is 33.6 Å². The number of benzene rings is 2. The van der Waals surface area contributed by atoms with E-state index in [1.807, 2.05) is 50.2 Å². The van der Waals surface area contributed by atoms with Crippen molar-refractivity contribution in [2.75, 3.05) is 29.9 Å². The van der Waals surface area contributed by atoms with Gasteiger partial charge in [0.1, 0.15) is 5.75 Å². The number of halogens is 1. The van der Waals surface area contributed by atoms with Crippen LogP contribution in [0.2, 0.25) is 5.02 Å². The lowest BCUT2D eigenvalue weighted by atomic mass is 9.99. The van der Waals surface area contributed by atoms with Gasteiger partial charge in [0.25, 0.3) is 5.91 Å². The Labute approximate surface area is 166 Å². The Morgan fingerprint density at radius 2 is 1.89 bits per heavy atom. The van der Waals surface area contributed by atoms with E-state index in [0.717, 1.165) is 30.3 Å². The molecule has 1 aliphatic heterocycles. The molecule has 0 atom stereocenters. The molecule has 1 heterocycles. The maximum absolute atomic E-state index is 12.2. The molecule has 0 spiro atoms. The fraction of sp³-hybridized carbons (Fsp3) is 0.409. The van der Waals surface area contributed by atoms with E-state index in [0.29, 0.717) is 16.5 Å². The van der Waals surface area contributed by atoms with Crippen LogP contribution in [0.5, 0.6) is 5.75 Å². The van der Waals surface area contributed by atoms with Gasteiger partial charge in [-0.25, -0.2) is 0 Å². The van der Waals surface area contributed by atoms with Crippen molar-refractivity contribution in [2.24, 2.45) is 5.92 Å². The first-order valence-corrected chi connectivity index (χ1v) is 9.84. The molecular weight excluding hydrogens is 360 g/mol. The number of hydrogen-bond acceptors (Lipinski definition) is 3. The summed E-state index contributed by atoms with van der Waals surface area (Å²) in [5.41, 5.74) is 4.06. The lowest BCUT2D eigenvalue weighted by Gasteiger charge is -2.32. The summed E-state index contributed by atoms with van der Waals surface area (Å²) in [6.45, 7) is 8.37. The number of carbonyl (C=O) groups is 1. The SMILES string of the molecule is Cc1ccc(OCC(=O)Nc2ccc(N3CCC(C)CC3)c(Cl)c2)cc1C. The van der Waals surface area contributed by atoms with Gasteiger partial charge >= 0.3 is 0 Å². The Bertz CT molecular complexity index is 814. The van der Waals surface area contributed by atoms with Crippen LogP contribution in [-0.2, 0) is 4.79 Å². The molecule has 144 valence electrons. The van der Waals surface area contributed by atoms with E-state index in [1.165, 1.54) is 18.4 Å². The van der Waals surface area contributed by atoms with Crippen LogP contribution in [0.4, 0.5) is 11.4 Å². The zero-order valence-electron chi connectivity index (χ0n) is 16.2. The molecule has 27 heavy (non-hydrogen) atoms. The van der Waals surface area contributed by atoms with Gasteiger partial charge in [-0.05, 0) is 74.1 Å². The van der Waals surface area contributed by atoms with Crippen LogP contribution >= 0.6 is 11.6 Å². The molecule has 0 aliphatic carbocycles. The second kappa shape index (κ2) is 8.66. The number of aryl methyl sites for hydroxylation is 2. The van der Waals surface area contributed by atoms with Crippen LogP contribution in [0.25, 0.3) is 0 Å². The molecule has 1 N–H and O–H groups in total. The smallest absolute Gasteiger partial charge is 0.262 e. The van der Waals surface area contributed by atoms with Crippen LogP contribution in [0, 0.1) is 19.8 Å². The standard InChI is InChI=1S/C22H27ClN2O2/c1-15-8-10-25(11-9-15)21-7-5-18(13-20(21)23)24-22(26)14-27-19-6-4-16(2)17(3)12-19/h4-7,12-13,15H,8-11,14H2,1-3H3,(H,24,26). The maximum Gasteiger partial charge on any atom is 0.262 e. The number of hydrogen-bond donors (Lipinski definition) is 1. The van der Waals surface area contributed by atoms with Gasteiger partial charge in [0.05, 0.1) is 10.7 Å². The van der Waals surface area contributed by atoms with E-state index in [9.17, 15) is 4.79 Å². The molecule has 0 unspecified atom stereocenters. The van der Waals surface area contributed by atoms with Crippen molar-refractivity contribution in [1.82, 2.24) is 0 Å². The molecule has 0 saturated carbocycles. The summed E-state index contributed by atoms with van der Waals surface area (Å²) < 4.78 is 5.58. The molecule has 2 aromatic rings. The lowest BCUT2D eigenvalue weighted by molar-refractivity contribution is -0.118. The number of carbonyl (C=O) groups excluding carboxylic acids is 1. The minimum atomic E-state index is -0.205. The molecule has 1 fully saturated rings. The Morgan fingerprint density at radius 3 is 2.56 bits per heavy atom. The van der Waals surface area contributed by atoms with Crippen LogP contribution in [0.3, 0.4) is 0 Å². The average molecular weight is 387 g/mol. The molecule has 1 saturated heterocycles. The third kappa shape index (κ3) is 5.16. The third-order valence-electron chi connectivity index (χ3n) is 5.20. The Balaban J connectivity index is 1.56. The fourth-order valence-corrected chi connectivity index (χ4v) is 3.54. The highest BCUT2D eigenvalue weighted by Crippen LogP contribution is 2.31. The van der Waals surface area contributed by atoms with Crippen molar-refractivity contribution in [1.29, 1.82) is 0 Å². The number of rotatable bonds is 5. The van der Waals surface area contributed by atoms with Gasteiger partial charge < -0.3 is 15.0 Å². The predicted octanol–water partition coefficient (Wildman–Crippen LogP) is 5.21. The zero-order valence-corrected chi connectivity index (χ0v) is 17.0. The normalized spacial score (nSPS) is 14.9. The molecule has 1 aliphatic rings. The summed E-state index contributed by atoms with van der Waals surface area (Å²) in [5.74, 6) is 1.26. The van der Waals surface area contributed by atoms with E-state index < -0.39 is 0 Å². The van der Waals surface area contributed by atoms with E-state index in [1.54, 1.807) is 0 Å². The fourth-order valence-electron chi connectivity index (χ4n) is 3.24. The molecule has 5 heteroatoms. The highest BCUT2D eigenvalue weighted by Gasteiger charge is 2.18. The van der Waals surface area contributed by atoms with Gasteiger partial charge in [-0.3, -0.25) is 4.79 Å². The summed E-state index contributed by atoms with van der Waals surface area (Å²) in [7, 11) is 0. The van der Waals surface area contributed by atoms with Crippen LogP contribution in [0.15, 0.2) is 36.4 Å². The Kier molecular flexibility index (Phi) is 6.27.